The summed E-state index contributed by atoms with van der Waals surface area (Å²) in [6.07, 6.45) is 2.89. The highest BCUT2D eigenvalue weighted by Gasteiger charge is 2.40. The van der Waals surface area contributed by atoms with E-state index in [1.54, 1.807) is 0 Å². The van der Waals surface area contributed by atoms with E-state index in [-0.39, 0.29) is 17.9 Å². The third-order valence-electron chi connectivity index (χ3n) is 5.12. The Morgan fingerprint density at radius 3 is 2.20 bits per heavy atom. The number of ether oxygens (including phenoxy) is 1. The lowest BCUT2D eigenvalue weighted by Crippen LogP contribution is -2.35. The molecule has 0 aromatic heterocycles. The molecule has 0 saturated carbocycles. The number of anilines is 1. The van der Waals surface area contributed by atoms with Crippen LogP contribution in [0.5, 0.6) is 5.75 Å². The predicted octanol–water partition coefficient (Wildman–Crippen LogP) is 4.88. The average Bonchev–Trinajstić information content (AvgIpc) is 2.99. The molecule has 158 valence electrons. The Morgan fingerprint density at radius 1 is 0.933 bits per heavy atom. The summed E-state index contributed by atoms with van der Waals surface area (Å²) >= 11 is 0. The second-order valence-electron chi connectivity index (χ2n) is 7.78. The van der Waals surface area contributed by atoms with E-state index in [0.29, 0.717) is 17.8 Å². The van der Waals surface area contributed by atoms with E-state index >= 15 is 0 Å². The normalized spacial score (nSPS) is 14.1. The molecule has 1 aliphatic heterocycles. The fourth-order valence-corrected chi connectivity index (χ4v) is 3.61. The zero-order valence-corrected chi connectivity index (χ0v) is 18.2. The standard InChI is InChI=1S/C25H30N2O3/c1-5-6-10-17-27-24(28)22(19-13-15-21(16-14-19)30-18(2)3)23(25(27)29)26(4)20-11-8-7-9-12-20/h7-9,11-16,18H,5-6,10,17H2,1-4H3. The maximum absolute atomic E-state index is 13.3. The minimum atomic E-state index is -0.236. The fourth-order valence-electron chi connectivity index (χ4n) is 3.61. The van der Waals surface area contributed by atoms with Gasteiger partial charge in [0, 0.05) is 19.3 Å². The number of nitrogens with zero attached hydrogens (tertiary/aromatic N) is 2. The lowest BCUT2D eigenvalue weighted by Gasteiger charge is -2.21. The lowest BCUT2D eigenvalue weighted by atomic mass is 10.0. The summed E-state index contributed by atoms with van der Waals surface area (Å²) in [7, 11) is 1.83. The van der Waals surface area contributed by atoms with E-state index in [0.717, 1.165) is 36.3 Å². The van der Waals surface area contributed by atoms with Crippen molar-refractivity contribution in [2.24, 2.45) is 0 Å². The van der Waals surface area contributed by atoms with Gasteiger partial charge in [0.1, 0.15) is 11.4 Å². The molecule has 1 aliphatic rings. The number of imide groups is 1. The van der Waals surface area contributed by atoms with Gasteiger partial charge in [0.05, 0.1) is 11.7 Å². The van der Waals surface area contributed by atoms with Crippen molar-refractivity contribution in [1.82, 2.24) is 4.90 Å². The molecule has 0 radical (unpaired) electrons. The van der Waals surface area contributed by atoms with Gasteiger partial charge >= 0.3 is 0 Å². The Balaban J connectivity index is 2.01. The number of likely N-dealkylation sites (N-methyl/N-ethyl adjacent to an activating group) is 1. The van der Waals surface area contributed by atoms with Crippen LogP contribution in [0.2, 0.25) is 0 Å². The molecule has 0 atom stereocenters. The van der Waals surface area contributed by atoms with Crippen molar-refractivity contribution in [2.75, 3.05) is 18.5 Å². The maximum atomic E-state index is 13.3. The Kier molecular flexibility index (Phi) is 6.93. The highest BCUT2D eigenvalue weighted by Crippen LogP contribution is 2.34. The van der Waals surface area contributed by atoms with Gasteiger partial charge in [-0.1, -0.05) is 50.1 Å². The van der Waals surface area contributed by atoms with E-state index in [4.69, 9.17) is 4.74 Å². The molecule has 0 unspecified atom stereocenters. The van der Waals surface area contributed by atoms with Gasteiger partial charge in [0.2, 0.25) is 0 Å². The minimum absolute atomic E-state index is 0.0681. The number of carbonyl (C=O) groups is 2. The zero-order valence-electron chi connectivity index (χ0n) is 18.2. The average molecular weight is 407 g/mol. The summed E-state index contributed by atoms with van der Waals surface area (Å²) in [5.41, 5.74) is 2.45. The molecule has 0 bridgehead atoms. The van der Waals surface area contributed by atoms with Crippen LogP contribution in [-0.4, -0.2) is 36.4 Å². The smallest absolute Gasteiger partial charge is 0.278 e. The molecule has 0 N–H and O–H groups in total. The van der Waals surface area contributed by atoms with Gasteiger partial charge in [-0.05, 0) is 50.1 Å². The molecule has 2 amide bonds. The van der Waals surface area contributed by atoms with Crippen LogP contribution in [0.4, 0.5) is 5.69 Å². The van der Waals surface area contributed by atoms with Gasteiger partial charge in [0.15, 0.2) is 0 Å². The number of para-hydroxylation sites is 1. The third kappa shape index (κ3) is 4.56. The Morgan fingerprint density at radius 2 is 1.60 bits per heavy atom. The maximum Gasteiger partial charge on any atom is 0.278 e. The summed E-state index contributed by atoms with van der Waals surface area (Å²) in [5, 5.41) is 0. The van der Waals surface area contributed by atoms with Crippen LogP contribution in [0.1, 0.15) is 45.6 Å². The zero-order chi connectivity index (χ0) is 21.7. The van der Waals surface area contributed by atoms with Crippen LogP contribution < -0.4 is 9.64 Å². The van der Waals surface area contributed by atoms with Crippen molar-refractivity contribution in [3.8, 4) is 5.75 Å². The minimum Gasteiger partial charge on any atom is -0.491 e. The first kappa shape index (κ1) is 21.6. The number of benzene rings is 2. The third-order valence-corrected chi connectivity index (χ3v) is 5.12. The highest BCUT2D eigenvalue weighted by atomic mass is 16.5. The Labute approximate surface area is 178 Å². The largest absolute Gasteiger partial charge is 0.491 e. The van der Waals surface area contributed by atoms with Crippen molar-refractivity contribution in [3.05, 3.63) is 65.9 Å². The van der Waals surface area contributed by atoms with Crippen LogP contribution in [0.25, 0.3) is 5.57 Å². The summed E-state index contributed by atoms with van der Waals surface area (Å²) in [6.45, 7) is 6.48. The summed E-state index contributed by atoms with van der Waals surface area (Å²) in [4.78, 5) is 29.8. The highest BCUT2D eigenvalue weighted by molar-refractivity contribution is 6.36. The van der Waals surface area contributed by atoms with Gasteiger partial charge in [0.25, 0.3) is 11.8 Å². The monoisotopic (exact) mass is 406 g/mol. The quantitative estimate of drug-likeness (QED) is 0.440. The van der Waals surface area contributed by atoms with Crippen molar-refractivity contribution in [3.63, 3.8) is 0 Å². The summed E-state index contributed by atoms with van der Waals surface area (Å²) in [5.74, 6) is 0.273. The first-order valence-electron chi connectivity index (χ1n) is 10.6. The molecule has 0 aliphatic carbocycles. The second-order valence-corrected chi connectivity index (χ2v) is 7.78. The fraction of sp³-hybridized carbons (Fsp3) is 0.360. The Hall–Kier alpha value is -3.08. The number of amides is 2. The van der Waals surface area contributed by atoms with E-state index < -0.39 is 0 Å². The van der Waals surface area contributed by atoms with Crippen LogP contribution in [0, 0.1) is 0 Å². The van der Waals surface area contributed by atoms with Crippen LogP contribution in [-0.2, 0) is 9.59 Å². The number of hydrogen-bond acceptors (Lipinski definition) is 4. The van der Waals surface area contributed by atoms with E-state index in [1.807, 2.05) is 80.4 Å². The molecule has 1 heterocycles. The van der Waals surface area contributed by atoms with E-state index in [9.17, 15) is 9.59 Å². The first-order valence-corrected chi connectivity index (χ1v) is 10.6. The van der Waals surface area contributed by atoms with Gasteiger partial charge in [-0.3, -0.25) is 14.5 Å². The summed E-state index contributed by atoms with van der Waals surface area (Å²) in [6, 6.07) is 17.0. The molecule has 0 fully saturated rings. The number of unbranched alkanes of at least 4 members (excludes halogenated alkanes) is 2. The number of hydrogen-bond donors (Lipinski definition) is 0. The molecular weight excluding hydrogens is 376 g/mol. The van der Waals surface area contributed by atoms with Gasteiger partial charge in [-0.15, -0.1) is 0 Å². The van der Waals surface area contributed by atoms with E-state index in [2.05, 4.69) is 6.92 Å². The topological polar surface area (TPSA) is 49.9 Å². The predicted molar refractivity (Wildman–Crippen MR) is 120 cm³/mol. The molecule has 0 saturated heterocycles. The van der Waals surface area contributed by atoms with Crippen molar-refractivity contribution < 1.29 is 14.3 Å². The van der Waals surface area contributed by atoms with Crippen molar-refractivity contribution >= 4 is 23.1 Å². The van der Waals surface area contributed by atoms with Crippen molar-refractivity contribution in [1.29, 1.82) is 0 Å². The van der Waals surface area contributed by atoms with Crippen LogP contribution in [0.15, 0.2) is 60.3 Å². The second kappa shape index (κ2) is 9.61. The first-order chi connectivity index (χ1) is 14.4. The molecule has 30 heavy (non-hydrogen) atoms. The van der Waals surface area contributed by atoms with Crippen LogP contribution in [0.3, 0.4) is 0 Å². The molecule has 2 aromatic rings. The van der Waals surface area contributed by atoms with E-state index in [1.165, 1.54) is 4.90 Å². The van der Waals surface area contributed by atoms with Gasteiger partial charge in [-0.25, -0.2) is 0 Å². The number of rotatable bonds is 9. The van der Waals surface area contributed by atoms with Gasteiger partial charge in [-0.2, -0.15) is 0 Å². The van der Waals surface area contributed by atoms with Gasteiger partial charge < -0.3 is 9.64 Å². The molecular formula is C25H30N2O3. The number of carbonyl (C=O) groups excluding carboxylic acids is 2. The van der Waals surface area contributed by atoms with Crippen molar-refractivity contribution in [2.45, 2.75) is 46.1 Å². The molecule has 5 heteroatoms. The summed E-state index contributed by atoms with van der Waals surface area (Å²) < 4.78 is 5.72. The van der Waals surface area contributed by atoms with Crippen LogP contribution >= 0.6 is 0 Å². The molecule has 2 aromatic carbocycles. The lowest BCUT2D eigenvalue weighted by molar-refractivity contribution is -0.136. The SMILES string of the molecule is CCCCCN1C(=O)C(c2ccc(OC(C)C)cc2)=C(N(C)c2ccccc2)C1=O. The Bertz CT molecular complexity index is 917. The molecule has 3 rings (SSSR count). The molecule has 0 spiro atoms. The molecule has 5 nitrogen and oxygen atoms in total.